The molecule has 1 saturated heterocycles. The standard InChI is InChI=1S/C28H25F2NO7/c1-5-38-23-12-15(6-11-21(23)36-3)25-24(26(32)18-9-8-17(35-2)14-22(18)37-4)27(33)28(34)31(25)16-7-10-19(29)20(30)13-16/h6-14,25,32H,5H2,1-4H3/b26-24+. The van der Waals surface area contributed by atoms with Gasteiger partial charge in [-0.25, -0.2) is 8.78 Å². The number of aliphatic hydroxyl groups excluding tert-OH is 1. The lowest BCUT2D eigenvalue weighted by atomic mass is 9.94. The van der Waals surface area contributed by atoms with E-state index in [1.165, 1.54) is 39.5 Å². The third-order valence-corrected chi connectivity index (χ3v) is 6.09. The number of aliphatic hydroxyl groups is 1. The minimum atomic E-state index is -1.23. The molecule has 38 heavy (non-hydrogen) atoms. The van der Waals surface area contributed by atoms with E-state index in [0.717, 1.165) is 17.0 Å². The molecule has 10 heteroatoms. The van der Waals surface area contributed by atoms with Gasteiger partial charge < -0.3 is 24.1 Å². The van der Waals surface area contributed by atoms with Crippen LogP contribution in [0.1, 0.15) is 24.1 Å². The summed E-state index contributed by atoms with van der Waals surface area (Å²) in [6.07, 6.45) is 0. The van der Waals surface area contributed by atoms with Gasteiger partial charge in [-0.1, -0.05) is 6.07 Å². The van der Waals surface area contributed by atoms with Crippen molar-refractivity contribution in [2.45, 2.75) is 13.0 Å². The molecule has 0 saturated carbocycles. The van der Waals surface area contributed by atoms with Crippen molar-refractivity contribution in [2.24, 2.45) is 0 Å². The Morgan fingerprint density at radius 1 is 0.868 bits per heavy atom. The van der Waals surface area contributed by atoms with Gasteiger partial charge in [-0.2, -0.15) is 0 Å². The summed E-state index contributed by atoms with van der Waals surface area (Å²) in [6.45, 7) is 2.07. The summed E-state index contributed by atoms with van der Waals surface area (Å²) in [5.41, 5.74) is 0.119. The number of amides is 1. The maximum Gasteiger partial charge on any atom is 0.300 e. The molecule has 0 aliphatic carbocycles. The zero-order valence-corrected chi connectivity index (χ0v) is 21.1. The lowest BCUT2D eigenvalue weighted by Gasteiger charge is -2.26. The predicted octanol–water partition coefficient (Wildman–Crippen LogP) is 5.02. The van der Waals surface area contributed by atoms with Crippen molar-refractivity contribution in [1.82, 2.24) is 0 Å². The fourth-order valence-corrected chi connectivity index (χ4v) is 4.32. The lowest BCUT2D eigenvalue weighted by molar-refractivity contribution is -0.132. The molecule has 1 N–H and O–H groups in total. The minimum Gasteiger partial charge on any atom is -0.507 e. The Hall–Kier alpha value is -4.60. The second-order valence-corrected chi connectivity index (χ2v) is 8.18. The Morgan fingerprint density at radius 2 is 1.61 bits per heavy atom. The van der Waals surface area contributed by atoms with Crippen LogP contribution in [0.25, 0.3) is 5.76 Å². The first-order valence-electron chi connectivity index (χ1n) is 11.5. The van der Waals surface area contributed by atoms with Crippen LogP contribution < -0.4 is 23.8 Å². The number of carbonyl (C=O) groups is 2. The summed E-state index contributed by atoms with van der Waals surface area (Å²) in [7, 11) is 4.29. The minimum absolute atomic E-state index is 0.0782. The number of rotatable bonds is 8. The van der Waals surface area contributed by atoms with Gasteiger partial charge in [-0.3, -0.25) is 14.5 Å². The van der Waals surface area contributed by atoms with Crippen molar-refractivity contribution in [3.63, 3.8) is 0 Å². The van der Waals surface area contributed by atoms with Gasteiger partial charge in [0.1, 0.15) is 17.3 Å². The summed E-state index contributed by atoms with van der Waals surface area (Å²) in [6, 6.07) is 10.9. The Bertz CT molecular complexity index is 1440. The predicted molar refractivity (Wildman–Crippen MR) is 135 cm³/mol. The summed E-state index contributed by atoms with van der Waals surface area (Å²) in [5, 5.41) is 11.4. The first-order valence-corrected chi connectivity index (χ1v) is 11.5. The lowest BCUT2D eigenvalue weighted by Crippen LogP contribution is -2.29. The van der Waals surface area contributed by atoms with Crippen LogP contribution in [0.15, 0.2) is 60.2 Å². The number of anilines is 1. The highest BCUT2D eigenvalue weighted by Crippen LogP contribution is 2.45. The van der Waals surface area contributed by atoms with Crippen molar-refractivity contribution < 1.29 is 42.4 Å². The highest BCUT2D eigenvalue weighted by molar-refractivity contribution is 6.51. The van der Waals surface area contributed by atoms with E-state index in [9.17, 15) is 23.5 Å². The number of carbonyl (C=O) groups excluding carboxylic acids is 2. The van der Waals surface area contributed by atoms with E-state index >= 15 is 0 Å². The summed E-state index contributed by atoms with van der Waals surface area (Å²) in [4.78, 5) is 27.7. The Kier molecular flexibility index (Phi) is 7.52. The molecule has 1 unspecified atom stereocenters. The van der Waals surface area contributed by atoms with Gasteiger partial charge in [-0.15, -0.1) is 0 Å². The molecule has 0 radical (unpaired) electrons. The van der Waals surface area contributed by atoms with Gasteiger partial charge in [-0.05, 0) is 48.9 Å². The molecule has 4 rings (SSSR count). The van der Waals surface area contributed by atoms with Crippen molar-refractivity contribution in [3.8, 4) is 23.0 Å². The monoisotopic (exact) mass is 525 g/mol. The quantitative estimate of drug-likeness (QED) is 0.251. The van der Waals surface area contributed by atoms with Gasteiger partial charge in [0.05, 0.1) is 45.1 Å². The molecular formula is C28H25F2NO7. The summed E-state index contributed by atoms with van der Waals surface area (Å²) in [5.74, 6) is -3.56. The van der Waals surface area contributed by atoms with E-state index < -0.39 is 35.1 Å². The number of hydrogen-bond acceptors (Lipinski definition) is 7. The highest BCUT2D eigenvalue weighted by Gasteiger charge is 2.47. The van der Waals surface area contributed by atoms with Crippen molar-refractivity contribution in [3.05, 3.63) is 82.9 Å². The van der Waals surface area contributed by atoms with Crippen molar-refractivity contribution >= 4 is 23.1 Å². The Morgan fingerprint density at radius 3 is 2.24 bits per heavy atom. The average Bonchev–Trinajstić information content (AvgIpc) is 3.19. The molecule has 0 spiro atoms. The van der Waals surface area contributed by atoms with E-state index in [4.69, 9.17) is 18.9 Å². The van der Waals surface area contributed by atoms with E-state index in [1.807, 2.05) is 0 Å². The first kappa shape index (κ1) is 26.5. The molecule has 1 amide bonds. The SMILES string of the molecule is CCOc1cc(C2/C(=C(\O)c3ccc(OC)cc3OC)C(=O)C(=O)N2c2ccc(F)c(F)c2)ccc1OC. The topological polar surface area (TPSA) is 94.5 Å². The van der Waals surface area contributed by atoms with Gasteiger partial charge in [0.15, 0.2) is 23.1 Å². The number of ketones is 1. The molecule has 1 atom stereocenters. The van der Waals surface area contributed by atoms with Gasteiger partial charge in [0, 0.05) is 17.8 Å². The average molecular weight is 526 g/mol. The molecule has 0 aromatic heterocycles. The molecule has 0 bridgehead atoms. The number of halogens is 2. The molecule has 1 fully saturated rings. The van der Waals surface area contributed by atoms with Crippen LogP contribution >= 0.6 is 0 Å². The molecular weight excluding hydrogens is 500 g/mol. The molecule has 1 aliphatic rings. The second kappa shape index (κ2) is 10.8. The maximum atomic E-state index is 14.2. The van der Waals surface area contributed by atoms with Crippen LogP contribution in [0, 0.1) is 11.6 Å². The third kappa shape index (κ3) is 4.60. The van der Waals surface area contributed by atoms with Crippen LogP contribution in [0.3, 0.4) is 0 Å². The van der Waals surface area contributed by atoms with Gasteiger partial charge in [0.25, 0.3) is 11.7 Å². The number of nitrogens with zero attached hydrogens (tertiary/aromatic N) is 1. The van der Waals surface area contributed by atoms with E-state index in [-0.39, 0.29) is 22.6 Å². The molecule has 3 aromatic rings. The normalized spacial score (nSPS) is 16.5. The molecule has 198 valence electrons. The molecule has 3 aromatic carbocycles. The first-order chi connectivity index (χ1) is 18.2. The van der Waals surface area contributed by atoms with Crippen LogP contribution in [0.5, 0.6) is 23.0 Å². The van der Waals surface area contributed by atoms with Crippen molar-refractivity contribution in [1.29, 1.82) is 0 Å². The number of ether oxygens (including phenoxy) is 4. The summed E-state index contributed by atoms with van der Waals surface area (Å²) >= 11 is 0. The van der Waals surface area contributed by atoms with Gasteiger partial charge in [0.2, 0.25) is 0 Å². The van der Waals surface area contributed by atoms with E-state index in [1.54, 1.807) is 31.2 Å². The highest BCUT2D eigenvalue weighted by atomic mass is 19.2. The Labute approximate surface area is 217 Å². The fraction of sp³-hybridized carbons (Fsp3) is 0.214. The smallest absolute Gasteiger partial charge is 0.300 e. The van der Waals surface area contributed by atoms with E-state index in [0.29, 0.717) is 29.4 Å². The van der Waals surface area contributed by atoms with Crippen LogP contribution in [-0.2, 0) is 9.59 Å². The van der Waals surface area contributed by atoms with Crippen LogP contribution in [0.4, 0.5) is 14.5 Å². The molecule has 1 heterocycles. The van der Waals surface area contributed by atoms with Crippen molar-refractivity contribution in [2.75, 3.05) is 32.8 Å². The number of Topliss-reactive ketones (excluding diaryl/α,β-unsaturated/α-hetero) is 1. The number of hydrogen-bond donors (Lipinski definition) is 1. The van der Waals surface area contributed by atoms with Gasteiger partial charge >= 0.3 is 0 Å². The fourth-order valence-electron chi connectivity index (χ4n) is 4.32. The molecule has 1 aliphatic heterocycles. The van der Waals surface area contributed by atoms with E-state index in [2.05, 4.69) is 0 Å². The largest absolute Gasteiger partial charge is 0.507 e. The maximum absolute atomic E-state index is 14.2. The number of methoxy groups -OCH3 is 3. The zero-order valence-electron chi connectivity index (χ0n) is 21.1. The molecule has 8 nitrogen and oxygen atoms in total. The second-order valence-electron chi connectivity index (χ2n) is 8.18. The summed E-state index contributed by atoms with van der Waals surface area (Å²) < 4.78 is 49.5. The third-order valence-electron chi connectivity index (χ3n) is 6.09. The van der Waals surface area contributed by atoms with Crippen LogP contribution in [-0.4, -0.2) is 44.7 Å². The number of benzene rings is 3. The zero-order chi connectivity index (χ0) is 27.6. The van der Waals surface area contributed by atoms with Crippen LogP contribution in [0.2, 0.25) is 0 Å². The Balaban J connectivity index is 2.00.